The summed E-state index contributed by atoms with van der Waals surface area (Å²) in [6, 6.07) is 17.6. The fourth-order valence-electron chi connectivity index (χ4n) is 3.50. The van der Waals surface area contributed by atoms with Crippen LogP contribution in [-0.4, -0.2) is 16.9 Å². The summed E-state index contributed by atoms with van der Waals surface area (Å²) in [5.41, 5.74) is 9.71. The highest BCUT2D eigenvalue weighted by molar-refractivity contribution is 9.10. The molecule has 2 aromatic carbocycles. The van der Waals surface area contributed by atoms with E-state index in [9.17, 15) is 5.26 Å². The molecule has 2 heterocycles. The first-order chi connectivity index (χ1) is 13.5. The Balaban J connectivity index is 2.00. The monoisotopic (exact) mass is 436 g/mol. The van der Waals surface area contributed by atoms with Crippen molar-refractivity contribution in [1.29, 1.82) is 5.26 Å². The minimum atomic E-state index is -0.446. The van der Waals surface area contributed by atoms with Crippen LogP contribution in [0.5, 0.6) is 11.6 Å². The van der Waals surface area contributed by atoms with Gasteiger partial charge in [-0.05, 0) is 37.3 Å². The molecule has 0 fully saturated rings. The highest BCUT2D eigenvalue weighted by atomic mass is 79.9. The molecule has 1 aliphatic rings. The quantitative estimate of drug-likeness (QED) is 0.665. The summed E-state index contributed by atoms with van der Waals surface area (Å²) in [7, 11) is 1.60. The first-order valence-electron chi connectivity index (χ1n) is 8.61. The Morgan fingerprint density at radius 2 is 2.00 bits per heavy atom. The molecule has 0 saturated carbocycles. The van der Waals surface area contributed by atoms with Gasteiger partial charge in [-0.2, -0.15) is 10.4 Å². The number of benzene rings is 2. The number of nitrogens with zero attached hydrogens (tertiary/aromatic N) is 3. The number of nitriles is 1. The fourth-order valence-corrected chi connectivity index (χ4v) is 3.88. The summed E-state index contributed by atoms with van der Waals surface area (Å²) >= 11 is 3.51. The van der Waals surface area contributed by atoms with E-state index in [1.54, 1.807) is 11.8 Å². The van der Waals surface area contributed by atoms with Gasteiger partial charge in [-0.25, -0.2) is 4.68 Å². The van der Waals surface area contributed by atoms with Crippen molar-refractivity contribution in [2.24, 2.45) is 5.73 Å². The zero-order valence-corrected chi connectivity index (χ0v) is 16.9. The number of allylic oxidation sites excluding steroid dienone is 1. The third-order valence-electron chi connectivity index (χ3n) is 4.74. The van der Waals surface area contributed by atoms with Gasteiger partial charge in [-0.3, -0.25) is 0 Å². The van der Waals surface area contributed by atoms with Crippen LogP contribution < -0.4 is 15.2 Å². The van der Waals surface area contributed by atoms with E-state index in [0.29, 0.717) is 17.2 Å². The first-order valence-corrected chi connectivity index (χ1v) is 9.40. The van der Waals surface area contributed by atoms with Gasteiger partial charge in [-0.15, -0.1) is 0 Å². The van der Waals surface area contributed by atoms with Crippen molar-refractivity contribution < 1.29 is 9.47 Å². The molecule has 0 saturated heterocycles. The van der Waals surface area contributed by atoms with E-state index < -0.39 is 5.92 Å². The highest BCUT2D eigenvalue weighted by Gasteiger charge is 2.37. The van der Waals surface area contributed by atoms with Crippen LogP contribution in [0.3, 0.4) is 0 Å². The Morgan fingerprint density at radius 1 is 1.25 bits per heavy atom. The Kier molecular flexibility index (Phi) is 4.57. The van der Waals surface area contributed by atoms with Gasteiger partial charge in [0.05, 0.1) is 30.0 Å². The van der Waals surface area contributed by atoms with Crippen molar-refractivity contribution in [3.63, 3.8) is 0 Å². The summed E-state index contributed by atoms with van der Waals surface area (Å²) in [6.45, 7) is 1.90. The van der Waals surface area contributed by atoms with Gasteiger partial charge in [0.25, 0.3) is 0 Å². The number of fused-ring (bicyclic) bond motifs is 1. The van der Waals surface area contributed by atoms with Crippen molar-refractivity contribution in [3.8, 4) is 23.4 Å². The van der Waals surface area contributed by atoms with Gasteiger partial charge in [0, 0.05) is 10.0 Å². The van der Waals surface area contributed by atoms with E-state index in [0.717, 1.165) is 27.0 Å². The molecule has 4 rings (SSSR count). The van der Waals surface area contributed by atoms with Crippen molar-refractivity contribution in [2.75, 3.05) is 7.11 Å². The highest BCUT2D eigenvalue weighted by Crippen LogP contribution is 2.47. The molecule has 28 heavy (non-hydrogen) atoms. The molecular formula is C21H17BrN4O2. The molecule has 0 spiro atoms. The van der Waals surface area contributed by atoms with Crippen LogP contribution in [0.15, 0.2) is 64.5 Å². The predicted molar refractivity (Wildman–Crippen MR) is 108 cm³/mol. The first kappa shape index (κ1) is 18.1. The number of aryl methyl sites for hydroxylation is 1. The molecule has 2 N–H and O–H groups in total. The van der Waals surface area contributed by atoms with E-state index in [4.69, 9.17) is 15.2 Å². The van der Waals surface area contributed by atoms with Crippen LogP contribution in [0.25, 0.3) is 5.69 Å². The maximum atomic E-state index is 9.82. The van der Waals surface area contributed by atoms with Gasteiger partial charge in [0.1, 0.15) is 17.4 Å². The molecule has 0 unspecified atom stereocenters. The van der Waals surface area contributed by atoms with Gasteiger partial charge in [0.15, 0.2) is 0 Å². The van der Waals surface area contributed by atoms with Crippen molar-refractivity contribution in [3.05, 3.63) is 81.3 Å². The number of halogens is 1. The summed E-state index contributed by atoms with van der Waals surface area (Å²) < 4.78 is 14.0. The topological polar surface area (TPSA) is 86.1 Å². The normalized spacial score (nSPS) is 15.6. The molecule has 140 valence electrons. The number of ether oxygens (including phenoxy) is 2. The summed E-state index contributed by atoms with van der Waals surface area (Å²) in [5, 5.41) is 14.5. The maximum Gasteiger partial charge on any atom is 0.229 e. The number of hydrogen-bond donors (Lipinski definition) is 1. The van der Waals surface area contributed by atoms with E-state index in [1.165, 1.54) is 0 Å². The molecule has 1 aromatic heterocycles. The minimum absolute atomic E-state index is 0.0686. The number of para-hydroxylation sites is 1. The second kappa shape index (κ2) is 7.06. The Bertz CT molecular complexity index is 1130. The lowest BCUT2D eigenvalue weighted by Gasteiger charge is -2.26. The third-order valence-corrected chi connectivity index (χ3v) is 5.23. The van der Waals surface area contributed by atoms with Gasteiger partial charge in [-0.1, -0.05) is 34.1 Å². The maximum absolute atomic E-state index is 9.82. The summed E-state index contributed by atoms with van der Waals surface area (Å²) in [4.78, 5) is 0. The molecule has 0 amide bonds. The van der Waals surface area contributed by atoms with Gasteiger partial charge >= 0.3 is 0 Å². The molecule has 1 atom stereocenters. The van der Waals surface area contributed by atoms with Crippen LogP contribution >= 0.6 is 15.9 Å². The SMILES string of the molecule is COc1ccc(Br)cc1[C@H]1C(C#N)=C(N)Oc2c1c(C)nn2-c1ccccc1. The van der Waals surface area contributed by atoms with Crippen molar-refractivity contribution in [2.45, 2.75) is 12.8 Å². The zero-order chi connectivity index (χ0) is 19.8. The average molecular weight is 437 g/mol. The Hall–Kier alpha value is -3.24. The van der Waals surface area contributed by atoms with Crippen LogP contribution in [0.2, 0.25) is 0 Å². The fraction of sp³-hybridized carbons (Fsp3) is 0.143. The Morgan fingerprint density at radius 3 is 2.68 bits per heavy atom. The zero-order valence-electron chi connectivity index (χ0n) is 15.3. The smallest absolute Gasteiger partial charge is 0.229 e. The predicted octanol–water partition coefficient (Wildman–Crippen LogP) is 4.17. The molecule has 1 aliphatic heterocycles. The molecule has 0 bridgehead atoms. The van der Waals surface area contributed by atoms with E-state index >= 15 is 0 Å². The van der Waals surface area contributed by atoms with Crippen molar-refractivity contribution in [1.82, 2.24) is 9.78 Å². The molecule has 7 heteroatoms. The summed E-state index contributed by atoms with van der Waals surface area (Å²) in [6.07, 6.45) is 0. The van der Waals surface area contributed by atoms with E-state index in [1.807, 2.05) is 55.5 Å². The third kappa shape index (κ3) is 2.83. The van der Waals surface area contributed by atoms with Crippen LogP contribution in [0, 0.1) is 18.3 Å². The minimum Gasteiger partial charge on any atom is -0.496 e. The Labute approximate surface area is 170 Å². The van der Waals surface area contributed by atoms with E-state index in [-0.39, 0.29) is 5.88 Å². The molecule has 0 aliphatic carbocycles. The number of methoxy groups -OCH3 is 1. The van der Waals surface area contributed by atoms with Crippen LogP contribution in [0.1, 0.15) is 22.7 Å². The number of rotatable bonds is 3. The van der Waals surface area contributed by atoms with Crippen LogP contribution in [0.4, 0.5) is 0 Å². The molecular weight excluding hydrogens is 420 g/mol. The lowest BCUT2D eigenvalue weighted by molar-refractivity contribution is 0.364. The van der Waals surface area contributed by atoms with Gasteiger partial charge in [0.2, 0.25) is 11.8 Å². The van der Waals surface area contributed by atoms with Crippen LogP contribution in [-0.2, 0) is 0 Å². The second-order valence-electron chi connectivity index (χ2n) is 6.36. The molecule has 3 aromatic rings. The number of hydrogen-bond acceptors (Lipinski definition) is 5. The van der Waals surface area contributed by atoms with Gasteiger partial charge < -0.3 is 15.2 Å². The molecule has 6 nitrogen and oxygen atoms in total. The largest absolute Gasteiger partial charge is 0.496 e. The number of nitrogens with two attached hydrogens (primary N) is 1. The molecule has 0 radical (unpaired) electrons. The number of aromatic nitrogens is 2. The second-order valence-corrected chi connectivity index (χ2v) is 7.28. The van der Waals surface area contributed by atoms with Crippen molar-refractivity contribution >= 4 is 15.9 Å². The van der Waals surface area contributed by atoms with E-state index in [2.05, 4.69) is 27.1 Å². The summed E-state index contributed by atoms with van der Waals surface area (Å²) in [5.74, 6) is 0.790. The average Bonchev–Trinajstić information content (AvgIpc) is 3.03. The lowest BCUT2D eigenvalue weighted by atomic mass is 9.83. The lowest BCUT2D eigenvalue weighted by Crippen LogP contribution is -2.22. The standard InChI is InChI=1S/C21H17BrN4O2/c1-12-18-19(15-10-13(22)8-9-17(15)27-2)16(11-23)20(24)28-21(18)26(25-12)14-6-4-3-5-7-14/h3-10,19H,24H2,1-2H3/t19-/m0/s1.